The first-order chi connectivity index (χ1) is 9.19. The van der Waals surface area contributed by atoms with E-state index in [1.807, 2.05) is 11.8 Å². The van der Waals surface area contributed by atoms with Crippen LogP contribution in [0, 0.1) is 5.92 Å². The zero-order chi connectivity index (χ0) is 13.7. The molecule has 3 atom stereocenters. The van der Waals surface area contributed by atoms with Crippen molar-refractivity contribution in [1.82, 2.24) is 4.90 Å². The molecule has 2 N–H and O–H groups in total. The fourth-order valence-corrected chi connectivity index (χ4v) is 4.78. The molecule has 0 aromatic rings. The van der Waals surface area contributed by atoms with Crippen LogP contribution in [0.15, 0.2) is 0 Å². The van der Waals surface area contributed by atoms with Gasteiger partial charge in [-0.05, 0) is 57.0 Å². The van der Waals surface area contributed by atoms with Crippen LogP contribution in [0.5, 0.6) is 0 Å². The van der Waals surface area contributed by atoms with Crippen molar-refractivity contribution in [2.75, 3.05) is 37.7 Å². The lowest BCUT2D eigenvalue weighted by molar-refractivity contribution is -0.0837. The Hall–Kier alpha value is 0.230. The largest absolute Gasteiger partial charge is 0.374 e. The summed E-state index contributed by atoms with van der Waals surface area (Å²) in [7, 11) is 0. The van der Waals surface area contributed by atoms with Crippen LogP contribution in [-0.4, -0.2) is 54.3 Å². The van der Waals surface area contributed by atoms with Crippen molar-refractivity contribution in [3.63, 3.8) is 0 Å². The first-order valence-corrected chi connectivity index (χ1v) is 9.04. The summed E-state index contributed by atoms with van der Waals surface area (Å²) in [5.41, 5.74) is 6.65. The number of ether oxygens (including phenoxy) is 1. The monoisotopic (exact) mass is 286 g/mol. The molecule has 0 aromatic carbocycles. The lowest BCUT2D eigenvalue weighted by atomic mass is 9.80. The predicted octanol–water partition coefficient (Wildman–Crippen LogP) is 2.35. The van der Waals surface area contributed by atoms with Crippen LogP contribution in [-0.2, 0) is 4.74 Å². The van der Waals surface area contributed by atoms with E-state index in [0.717, 1.165) is 39.1 Å². The van der Waals surface area contributed by atoms with Gasteiger partial charge in [-0.25, -0.2) is 0 Å². The maximum absolute atomic E-state index is 6.47. The Labute approximate surface area is 122 Å². The Bertz CT molecular complexity index is 265. The molecule has 2 rings (SSSR count). The summed E-state index contributed by atoms with van der Waals surface area (Å²) in [6, 6.07) is 0.354. The molecule has 3 unspecified atom stereocenters. The van der Waals surface area contributed by atoms with Crippen molar-refractivity contribution in [3.05, 3.63) is 0 Å². The molecular weight excluding hydrogens is 256 g/mol. The summed E-state index contributed by atoms with van der Waals surface area (Å²) >= 11 is 2.04. The lowest BCUT2D eigenvalue weighted by Gasteiger charge is -2.40. The predicted molar refractivity (Wildman–Crippen MR) is 83.7 cm³/mol. The van der Waals surface area contributed by atoms with Crippen LogP contribution < -0.4 is 5.73 Å². The van der Waals surface area contributed by atoms with Gasteiger partial charge >= 0.3 is 0 Å². The number of hydrogen-bond acceptors (Lipinski definition) is 4. The second-order valence-electron chi connectivity index (χ2n) is 6.07. The van der Waals surface area contributed by atoms with Crippen molar-refractivity contribution in [3.8, 4) is 0 Å². The van der Waals surface area contributed by atoms with Gasteiger partial charge in [-0.15, -0.1) is 0 Å². The quantitative estimate of drug-likeness (QED) is 0.813. The zero-order valence-electron chi connectivity index (χ0n) is 12.6. The molecule has 2 aliphatic heterocycles. The van der Waals surface area contributed by atoms with Crippen molar-refractivity contribution in [2.24, 2.45) is 11.7 Å². The number of nitrogens with two attached hydrogens (primary N) is 1. The Morgan fingerprint density at radius 3 is 2.84 bits per heavy atom. The molecule has 0 aliphatic carbocycles. The highest BCUT2D eigenvalue weighted by Gasteiger charge is 2.41. The van der Waals surface area contributed by atoms with Crippen molar-refractivity contribution >= 4 is 11.8 Å². The van der Waals surface area contributed by atoms with Gasteiger partial charge in [-0.1, -0.05) is 13.8 Å². The van der Waals surface area contributed by atoms with E-state index in [2.05, 4.69) is 18.7 Å². The summed E-state index contributed by atoms with van der Waals surface area (Å²) in [6.07, 6.45) is 4.72. The molecule has 0 aromatic heterocycles. The molecule has 3 nitrogen and oxygen atoms in total. The molecule has 0 bridgehead atoms. The fourth-order valence-electron chi connectivity index (χ4n) is 3.40. The van der Waals surface area contributed by atoms with E-state index in [1.54, 1.807) is 0 Å². The molecule has 0 amide bonds. The van der Waals surface area contributed by atoms with Crippen LogP contribution in [0.1, 0.15) is 39.5 Å². The number of rotatable bonds is 6. The minimum Gasteiger partial charge on any atom is -0.374 e. The second kappa shape index (κ2) is 7.30. The maximum Gasteiger partial charge on any atom is 0.0783 e. The highest BCUT2D eigenvalue weighted by molar-refractivity contribution is 7.99. The van der Waals surface area contributed by atoms with E-state index in [-0.39, 0.29) is 5.60 Å². The van der Waals surface area contributed by atoms with E-state index in [0.29, 0.717) is 12.0 Å². The highest BCUT2D eigenvalue weighted by Crippen LogP contribution is 2.41. The Morgan fingerprint density at radius 1 is 1.42 bits per heavy atom. The third kappa shape index (κ3) is 4.10. The van der Waals surface area contributed by atoms with Crippen LogP contribution in [0.2, 0.25) is 0 Å². The summed E-state index contributed by atoms with van der Waals surface area (Å²) in [6.45, 7) is 8.80. The Kier molecular flexibility index (Phi) is 6.00. The summed E-state index contributed by atoms with van der Waals surface area (Å²) in [4.78, 5) is 2.47. The normalized spacial score (nSPS) is 33.2. The second-order valence-corrected chi connectivity index (χ2v) is 7.17. The van der Waals surface area contributed by atoms with Gasteiger partial charge in [0.15, 0.2) is 0 Å². The molecule has 2 saturated heterocycles. The average molecular weight is 286 g/mol. The molecule has 2 aliphatic rings. The average Bonchev–Trinajstić information content (AvgIpc) is 2.87. The molecule has 19 heavy (non-hydrogen) atoms. The SMILES string of the molecule is CCN(CC)CCC(N)C1CCOC2(CCSC2)C1. The standard InChI is InChI=1S/C15H30N2OS/c1-3-17(4-2)8-5-14(16)13-6-9-18-15(11-13)7-10-19-12-15/h13-14H,3-12,16H2,1-2H3. The minimum atomic E-state index is 0.181. The molecule has 0 radical (unpaired) electrons. The molecule has 4 heteroatoms. The molecule has 1 spiro atoms. The van der Waals surface area contributed by atoms with Crippen LogP contribution in [0.4, 0.5) is 0 Å². The van der Waals surface area contributed by atoms with Gasteiger partial charge in [-0.3, -0.25) is 0 Å². The van der Waals surface area contributed by atoms with Gasteiger partial charge in [0, 0.05) is 18.4 Å². The van der Waals surface area contributed by atoms with E-state index in [1.165, 1.54) is 24.3 Å². The molecule has 112 valence electrons. The van der Waals surface area contributed by atoms with Gasteiger partial charge in [0.1, 0.15) is 0 Å². The highest BCUT2D eigenvalue weighted by atomic mass is 32.2. The first kappa shape index (κ1) is 15.6. The van der Waals surface area contributed by atoms with Crippen molar-refractivity contribution in [1.29, 1.82) is 0 Å². The van der Waals surface area contributed by atoms with E-state index < -0.39 is 0 Å². The van der Waals surface area contributed by atoms with E-state index in [4.69, 9.17) is 10.5 Å². The number of hydrogen-bond donors (Lipinski definition) is 1. The van der Waals surface area contributed by atoms with Gasteiger partial charge in [-0.2, -0.15) is 11.8 Å². The Balaban J connectivity index is 1.80. The van der Waals surface area contributed by atoms with Gasteiger partial charge < -0.3 is 15.4 Å². The zero-order valence-corrected chi connectivity index (χ0v) is 13.4. The van der Waals surface area contributed by atoms with E-state index >= 15 is 0 Å². The smallest absolute Gasteiger partial charge is 0.0783 e. The topological polar surface area (TPSA) is 38.5 Å². The number of nitrogens with zero attached hydrogens (tertiary/aromatic N) is 1. The van der Waals surface area contributed by atoms with Crippen LogP contribution >= 0.6 is 11.8 Å². The fraction of sp³-hybridized carbons (Fsp3) is 1.00. The van der Waals surface area contributed by atoms with Gasteiger partial charge in [0.25, 0.3) is 0 Å². The molecule has 2 heterocycles. The van der Waals surface area contributed by atoms with Crippen molar-refractivity contribution in [2.45, 2.75) is 51.2 Å². The molecule has 0 saturated carbocycles. The van der Waals surface area contributed by atoms with Gasteiger partial charge in [0.2, 0.25) is 0 Å². The summed E-state index contributed by atoms with van der Waals surface area (Å²) in [5, 5.41) is 0. The summed E-state index contributed by atoms with van der Waals surface area (Å²) < 4.78 is 6.09. The molecule has 2 fully saturated rings. The summed E-state index contributed by atoms with van der Waals surface area (Å²) in [5.74, 6) is 3.12. The Morgan fingerprint density at radius 2 is 2.21 bits per heavy atom. The van der Waals surface area contributed by atoms with Crippen molar-refractivity contribution < 1.29 is 4.74 Å². The molecular formula is C15H30N2OS. The first-order valence-electron chi connectivity index (χ1n) is 7.89. The van der Waals surface area contributed by atoms with Gasteiger partial charge in [0.05, 0.1) is 5.60 Å². The van der Waals surface area contributed by atoms with Crippen LogP contribution in [0.3, 0.4) is 0 Å². The third-order valence-corrected chi connectivity index (χ3v) is 6.10. The lowest BCUT2D eigenvalue weighted by Crippen LogP contribution is -2.46. The van der Waals surface area contributed by atoms with Crippen LogP contribution in [0.25, 0.3) is 0 Å². The third-order valence-electron chi connectivity index (χ3n) is 4.88. The van der Waals surface area contributed by atoms with E-state index in [9.17, 15) is 0 Å². The maximum atomic E-state index is 6.47. The number of thioether (sulfide) groups is 1. The minimum absolute atomic E-state index is 0.181.